The molecule has 0 aromatic heterocycles. The molecule has 0 N–H and O–H groups in total. The van der Waals surface area contributed by atoms with E-state index < -0.39 is 6.23 Å². The summed E-state index contributed by atoms with van der Waals surface area (Å²) in [6.45, 7) is 1.58. The fraction of sp³-hybridized carbons (Fsp3) is 0.176. The number of halogens is 1. The third kappa shape index (κ3) is 3.63. The summed E-state index contributed by atoms with van der Waals surface area (Å²) in [4.78, 5) is 11.8. The zero-order valence-electron chi connectivity index (χ0n) is 12.5. The molecule has 0 aliphatic carbocycles. The lowest BCUT2D eigenvalue weighted by Crippen LogP contribution is -2.25. The van der Waals surface area contributed by atoms with Gasteiger partial charge in [0.2, 0.25) is 18.0 Å². The van der Waals surface area contributed by atoms with Gasteiger partial charge < -0.3 is 9.47 Å². The molecule has 23 heavy (non-hydrogen) atoms. The molecule has 3 rings (SSSR count). The molecule has 1 aliphatic heterocycles. The second-order valence-electron chi connectivity index (χ2n) is 4.98. The van der Waals surface area contributed by atoms with Gasteiger partial charge >= 0.3 is 0 Å². The van der Waals surface area contributed by atoms with Crippen LogP contribution in [0.3, 0.4) is 0 Å². The molecule has 0 radical (unpaired) electrons. The second-order valence-corrected chi connectivity index (χ2v) is 5.42. The van der Waals surface area contributed by atoms with Crippen molar-refractivity contribution >= 4 is 23.4 Å². The Morgan fingerprint density at radius 2 is 1.91 bits per heavy atom. The third-order valence-corrected chi connectivity index (χ3v) is 3.52. The number of amides is 1. The Hall–Kier alpha value is -2.53. The molecule has 2 aromatic carbocycles. The van der Waals surface area contributed by atoms with Crippen molar-refractivity contribution in [2.75, 3.05) is 6.61 Å². The van der Waals surface area contributed by atoms with Crippen LogP contribution in [0.4, 0.5) is 0 Å². The van der Waals surface area contributed by atoms with Crippen LogP contribution in [0.1, 0.15) is 18.7 Å². The van der Waals surface area contributed by atoms with E-state index in [4.69, 9.17) is 21.1 Å². The first-order valence-corrected chi connectivity index (χ1v) is 7.48. The number of rotatable bonds is 4. The maximum atomic E-state index is 11.8. The van der Waals surface area contributed by atoms with Crippen LogP contribution in [0.5, 0.6) is 5.75 Å². The minimum absolute atomic E-state index is 0.134. The number of ether oxygens (including phenoxy) is 2. The van der Waals surface area contributed by atoms with Crippen molar-refractivity contribution in [3.05, 3.63) is 65.2 Å². The van der Waals surface area contributed by atoms with Crippen LogP contribution >= 0.6 is 11.6 Å². The molecule has 1 heterocycles. The van der Waals surface area contributed by atoms with E-state index in [1.807, 2.05) is 30.3 Å². The molecule has 0 saturated heterocycles. The molecule has 1 amide bonds. The number of carbonyl (C=O) groups is 1. The SMILES string of the molecule is CC(=O)N1N=C(COc2ccc(Cl)cc2)O[C@H]1c1ccccc1. The van der Waals surface area contributed by atoms with Crippen molar-refractivity contribution in [1.29, 1.82) is 0 Å². The Labute approximate surface area is 139 Å². The van der Waals surface area contributed by atoms with Crippen LogP contribution in [-0.2, 0) is 9.53 Å². The molecule has 0 fully saturated rings. The fourth-order valence-corrected chi connectivity index (χ4v) is 2.30. The van der Waals surface area contributed by atoms with Crippen molar-refractivity contribution < 1.29 is 14.3 Å². The van der Waals surface area contributed by atoms with Gasteiger partial charge in [-0.3, -0.25) is 4.79 Å². The van der Waals surface area contributed by atoms with Gasteiger partial charge in [0, 0.05) is 17.5 Å². The van der Waals surface area contributed by atoms with E-state index >= 15 is 0 Å². The largest absolute Gasteiger partial charge is 0.484 e. The first-order valence-electron chi connectivity index (χ1n) is 7.11. The minimum atomic E-state index is -0.558. The molecule has 0 unspecified atom stereocenters. The van der Waals surface area contributed by atoms with Gasteiger partial charge in [0.15, 0.2) is 6.61 Å². The summed E-state index contributed by atoms with van der Waals surface area (Å²) in [7, 11) is 0. The quantitative estimate of drug-likeness (QED) is 0.860. The van der Waals surface area contributed by atoms with E-state index in [0.29, 0.717) is 16.7 Å². The van der Waals surface area contributed by atoms with E-state index in [1.165, 1.54) is 11.9 Å². The lowest BCUT2D eigenvalue weighted by molar-refractivity contribution is -0.135. The van der Waals surface area contributed by atoms with Gasteiger partial charge in [0.1, 0.15) is 5.75 Å². The number of nitrogens with zero attached hydrogens (tertiary/aromatic N) is 2. The molecule has 118 valence electrons. The van der Waals surface area contributed by atoms with Crippen LogP contribution in [0.2, 0.25) is 5.02 Å². The van der Waals surface area contributed by atoms with E-state index in [9.17, 15) is 4.79 Å². The van der Waals surface area contributed by atoms with E-state index in [1.54, 1.807) is 24.3 Å². The summed E-state index contributed by atoms with van der Waals surface area (Å²) in [6, 6.07) is 16.5. The van der Waals surface area contributed by atoms with Crippen LogP contribution in [0.15, 0.2) is 59.7 Å². The van der Waals surface area contributed by atoms with Crippen LogP contribution in [0.25, 0.3) is 0 Å². The Morgan fingerprint density at radius 1 is 1.22 bits per heavy atom. The molecule has 6 heteroatoms. The highest BCUT2D eigenvalue weighted by atomic mass is 35.5. The van der Waals surface area contributed by atoms with Crippen LogP contribution < -0.4 is 4.74 Å². The van der Waals surface area contributed by atoms with E-state index in [2.05, 4.69) is 5.10 Å². The normalized spacial score (nSPS) is 16.7. The predicted octanol–water partition coefficient (Wildman–Crippen LogP) is 3.61. The average Bonchev–Trinajstić information content (AvgIpc) is 3.00. The number of hydrazone groups is 1. The standard InChI is InChI=1S/C17H15ClN2O3/c1-12(21)20-17(13-5-3-2-4-6-13)23-16(19-20)11-22-15-9-7-14(18)8-10-15/h2-10,17H,11H2,1H3/t17-/m0/s1. The smallest absolute Gasteiger partial charge is 0.247 e. The summed E-state index contributed by atoms with van der Waals surface area (Å²) in [5.74, 6) is 0.808. The fourth-order valence-electron chi connectivity index (χ4n) is 2.18. The Kier molecular flexibility index (Phi) is 4.48. The first-order chi connectivity index (χ1) is 11.1. The van der Waals surface area contributed by atoms with Gasteiger partial charge in [-0.25, -0.2) is 0 Å². The number of benzene rings is 2. The number of carbonyl (C=O) groups excluding carboxylic acids is 1. The van der Waals surface area contributed by atoms with Crippen molar-refractivity contribution in [2.24, 2.45) is 5.10 Å². The second kappa shape index (κ2) is 6.71. The average molecular weight is 331 g/mol. The third-order valence-electron chi connectivity index (χ3n) is 3.27. The summed E-state index contributed by atoms with van der Waals surface area (Å²) in [5.41, 5.74) is 0.855. The van der Waals surface area contributed by atoms with Gasteiger partial charge in [-0.05, 0) is 24.3 Å². The molecule has 0 bridgehead atoms. The predicted molar refractivity (Wildman–Crippen MR) is 87.2 cm³/mol. The van der Waals surface area contributed by atoms with Crippen molar-refractivity contribution in [3.8, 4) is 5.75 Å². The van der Waals surface area contributed by atoms with Crippen molar-refractivity contribution in [1.82, 2.24) is 5.01 Å². The first kappa shape index (κ1) is 15.4. The Balaban J connectivity index is 1.70. The Morgan fingerprint density at radius 3 is 2.57 bits per heavy atom. The number of hydrogen-bond acceptors (Lipinski definition) is 4. The monoisotopic (exact) mass is 330 g/mol. The van der Waals surface area contributed by atoms with Gasteiger partial charge in [-0.2, -0.15) is 5.01 Å². The molecule has 5 nitrogen and oxygen atoms in total. The van der Waals surface area contributed by atoms with Crippen molar-refractivity contribution in [2.45, 2.75) is 13.2 Å². The number of hydrogen-bond donors (Lipinski definition) is 0. The summed E-state index contributed by atoms with van der Waals surface area (Å²) in [5, 5.41) is 6.16. The highest BCUT2D eigenvalue weighted by Crippen LogP contribution is 2.28. The van der Waals surface area contributed by atoms with E-state index in [0.717, 1.165) is 5.56 Å². The lowest BCUT2D eigenvalue weighted by atomic mass is 10.2. The van der Waals surface area contributed by atoms with Crippen molar-refractivity contribution in [3.63, 3.8) is 0 Å². The van der Waals surface area contributed by atoms with Crippen LogP contribution in [-0.4, -0.2) is 23.4 Å². The maximum absolute atomic E-state index is 11.8. The molecule has 2 aromatic rings. The summed E-state index contributed by atoms with van der Waals surface area (Å²) < 4.78 is 11.4. The van der Waals surface area contributed by atoms with E-state index in [-0.39, 0.29) is 12.5 Å². The molecule has 1 aliphatic rings. The Bertz CT molecular complexity index is 716. The highest BCUT2D eigenvalue weighted by molar-refractivity contribution is 6.30. The highest BCUT2D eigenvalue weighted by Gasteiger charge is 2.32. The van der Waals surface area contributed by atoms with Crippen LogP contribution in [0, 0.1) is 0 Å². The van der Waals surface area contributed by atoms with Gasteiger partial charge in [0.05, 0.1) is 0 Å². The zero-order valence-corrected chi connectivity index (χ0v) is 13.2. The van der Waals surface area contributed by atoms with Gasteiger partial charge in [-0.15, -0.1) is 5.10 Å². The lowest BCUT2D eigenvalue weighted by Gasteiger charge is -2.19. The molecule has 0 saturated carbocycles. The van der Waals surface area contributed by atoms with Gasteiger partial charge in [0.25, 0.3) is 0 Å². The zero-order chi connectivity index (χ0) is 16.2. The molecular formula is C17H15ClN2O3. The topological polar surface area (TPSA) is 51.1 Å². The molecular weight excluding hydrogens is 316 g/mol. The maximum Gasteiger partial charge on any atom is 0.247 e. The summed E-state index contributed by atoms with van der Waals surface area (Å²) in [6.07, 6.45) is -0.558. The molecule has 0 spiro atoms. The minimum Gasteiger partial charge on any atom is -0.484 e. The van der Waals surface area contributed by atoms with Gasteiger partial charge in [-0.1, -0.05) is 41.9 Å². The summed E-state index contributed by atoms with van der Waals surface area (Å²) >= 11 is 5.83. The molecule has 1 atom stereocenters.